The molecule has 2 unspecified atom stereocenters. The van der Waals surface area contributed by atoms with Gasteiger partial charge in [0.05, 0.1) is 24.1 Å². The molecule has 0 aliphatic carbocycles. The SMILES string of the molecule is CCCCC12CN3CC(C)(CN(C1)C3c1cccc(OC)c1O)C2=O. The molecule has 0 radical (unpaired) electrons. The Labute approximate surface area is 149 Å². The summed E-state index contributed by atoms with van der Waals surface area (Å²) in [7, 11) is 1.58. The summed E-state index contributed by atoms with van der Waals surface area (Å²) in [5, 5.41) is 10.6. The Balaban J connectivity index is 1.72. The van der Waals surface area contributed by atoms with E-state index in [1.807, 2.05) is 12.1 Å². The molecule has 4 saturated heterocycles. The summed E-state index contributed by atoms with van der Waals surface area (Å²) in [5.74, 6) is 1.20. The molecule has 0 amide bonds. The smallest absolute Gasteiger partial charge is 0.163 e. The number of phenols is 1. The van der Waals surface area contributed by atoms with Crippen LogP contribution in [0.25, 0.3) is 0 Å². The number of aromatic hydroxyl groups is 1. The van der Waals surface area contributed by atoms with Gasteiger partial charge in [-0.25, -0.2) is 0 Å². The molecule has 0 spiro atoms. The van der Waals surface area contributed by atoms with E-state index in [1.54, 1.807) is 13.2 Å². The summed E-state index contributed by atoms with van der Waals surface area (Å²) >= 11 is 0. The second-order valence-corrected chi connectivity index (χ2v) is 8.36. The van der Waals surface area contributed by atoms with Crippen LogP contribution in [0.3, 0.4) is 0 Å². The zero-order chi connectivity index (χ0) is 17.8. The van der Waals surface area contributed by atoms with Gasteiger partial charge in [0, 0.05) is 31.7 Å². The maximum Gasteiger partial charge on any atom is 0.163 e. The van der Waals surface area contributed by atoms with Crippen molar-refractivity contribution >= 4 is 5.78 Å². The third-order valence-electron chi connectivity index (χ3n) is 6.37. The third kappa shape index (κ3) is 2.32. The number of benzene rings is 1. The molecule has 4 bridgehead atoms. The Morgan fingerprint density at radius 1 is 1.24 bits per heavy atom. The highest BCUT2D eigenvalue weighted by Gasteiger charge is 2.63. The fourth-order valence-corrected chi connectivity index (χ4v) is 5.48. The monoisotopic (exact) mass is 344 g/mol. The number of ketones is 1. The number of hydrogen-bond acceptors (Lipinski definition) is 5. The van der Waals surface area contributed by atoms with Gasteiger partial charge in [-0.1, -0.05) is 38.8 Å². The van der Waals surface area contributed by atoms with Crippen LogP contribution in [0.5, 0.6) is 11.5 Å². The normalized spacial score (nSPS) is 39.0. The van der Waals surface area contributed by atoms with Gasteiger partial charge in [-0.3, -0.25) is 14.6 Å². The molecule has 0 saturated carbocycles. The Hall–Kier alpha value is -1.59. The van der Waals surface area contributed by atoms with Crippen LogP contribution in [0.2, 0.25) is 0 Å². The average molecular weight is 344 g/mol. The predicted molar refractivity (Wildman–Crippen MR) is 95.6 cm³/mol. The topological polar surface area (TPSA) is 53.0 Å². The van der Waals surface area contributed by atoms with Gasteiger partial charge in [-0.15, -0.1) is 0 Å². The van der Waals surface area contributed by atoms with E-state index < -0.39 is 0 Å². The quantitative estimate of drug-likeness (QED) is 0.890. The molecule has 4 fully saturated rings. The van der Waals surface area contributed by atoms with E-state index in [-0.39, 0.29) is 22.7 Å². The van der Waals surface area contributed by atoms with Gasteiger partial charge in [0.1, 0.15) is 5.78 Å². The zero-order valence-electron chi connectivity index (χ0n) is 15.4. The van der Waals surface area contributed by atoms with Crippen LogP contribution in [0, 0.1) is 10.8 Å². The number of carbonyl (C=O) groups is 1. The number of carbonyl (C=O) groups excluding carboxylic acids is 1. The molecule has 4 heterocycles. The summed E-state index contributed by atoms with van der Waals surface area (Å²) in [4.78, 5) is 18.0. The summed E-state index contributed by atoms with van der Waals surface area (Å²) < 4.78 is 5.30. The maximum atomic E-state index is 13.2. The zero-order valence-corrected chi connectivity index (χ0v) is 15.4. The molecule has 136 valence electrons. The summed E-state index contributed by atoms with van der Waals surface area (Å²) in [6.07, 6.45) is 3.22. The minimum Gasteiger partial charge on any atom is -0.504 e. The van der Waals surface area contributed by atoms with Crippen LogP contribution >= 0.6 is 0 Å². The second-order valence-electron chi connectivity index (χ2n) is 8.36. The van der Waals surface area contributed by atoms with Gasteiger partial charge in [0.25, 0.3) is 0 Å². The minimum absolute atomic E-state index is 0.0334. The van der Waals surface area contributed by atoms with Crippen molar-refractivity contribution < 1.29 is 14.6 Å². The highest BCUT2D eigenvalue weighted by atomic mass is 16.5. The number of hydrogen-bond donors (Lipinski definition) is 1. The Morgan fingerprint density at radius 2 is 1.92 bits per heavy atom. The molecule has 2 atom stereocenters. The highest BCUT2D eigenvalue weighted by molar-refractivity contribution is 5.93. The number of rotatable bonds is 5. The fourth-order valence-electron chi connectivity index (χ4n) is 5.48. The average Bonchev–Trinajstić information content (AvgIpc) is 2.58. The van der Waals surface area contributed by atoms with Crippen molar-refractivity contribution in [2.45, 2.75) is 39.3 Å². The maximum absolute atomic E-state index is 13.2. The highest BCUT2D eigenvalue weighted by Crippen LogP contribution is 2.55. The van der Waals surface area contributed by atoms with Gasteiger partial charge in [-0.2, -0.15) is 0 Å². The number of Topliss-reactive ketones (excluding diaryl/α,β-unsaturated/α-hetero) is 1. The first-order valence-corrected chi connectivity index (χ1v) is 9.33. The Kier molecular flexibility index (Phi) is 3.85. The van der Waals surface area contributed by atoms with E-state index in [2.05, 4.69) is 23.6 Å². The van der Waals surface area contributed by atoms with E-state index in [0.29, 0.717) is 11.5 Å². The van der Waals surface area contributed by atoms with E-state index in [1.165, 1.54) is 0 Å². The predicted octanol–water partition coefficient (Wildman–Crippen LogP) is 2.80. The van der Waals surface area contributed by atoms with Crippen molar-refractivity contribution in [3.63, 3.8) is 0 Å². The number of para-hydroxylation sites is 1. The number of ether oxygens (including phenoxy) is 1. The molecule has 5 heteroatoms. The molecular formula is C20H28N2O3. The molecule has 0 aromatic heterocycles. The summed E-state index contributed by atoms with van der Waals surface area (Å²) in [5.41, 5.74) is 0.376. The minimum atomic E-state index is -0.283. The number of methoxy groups -OCH3 is 1. The van der Waals surface area contributed by atoms with Crippen LogP contribution < -0.4 is 4.74 Å². The van der Waals surface area contributed by atoms with Crippen LogP contribution in [-0.4, -0.2) is 54.0 Å². The largest absolute Gasteiger partial charge is 0.504 e. The van der Waals surface area contributed by atoms with Crippen LogP contribution in [0.1, 0.15) is 44.8 Å². The van der Waals surface area contributed by atoms with Crippen molar-refractivity contribution in [1.29, 1.82) is 0 Å². The first-order chi connectivity index (χ1) is 11.9. The lowest BCUT2D eigenvalue weighted by molar-refractivity contribution is -0.201. The molecular weight excluding hydrogens is 316 g/mol. The first-order valence-electron chi connectivity index (χ1n) is 9.33. The molecule has 5 nitrogen and oxygen atoms in total. The van der Waals surface area contributed by atoms with Crippen molar-refractivity contribution in [2.24, 2.45) is 10.8 Å². The lowest BCUT2D eigenvalue weighted by atomic mass is 9.59. The molecule has 25 heavy (non-hydrogen) atoms. The molecule has 1 aromatic rings. The van der Waals surface area contributed by atoms with E-state index >= 15 is 0 Å². The van der Waals surface area contributed by atoms with Gasteiger partial charge in [-0.05, 0) is 12.5 Å². The summed E-state index contributed by atoms with van der Waals surface area (Å²) in [6, 6.07) is 5.70. The lowest BCUT2D eigenvalue weighted by Crippen LogP contribution is -2.76. The van der Waals surface area contributed by atoms with Gasteiger partial charge < -0.3 is 9.84 Å². The Bertz CT molecular complexity index is 686. The van der Waals surface area contributed by atoms with E-state index in [0.717, 1.165) is 51.0 Å². The standard InChI is InChI=1S/C20H28N2O3/c1-4-5-9-20-12-21-10-19(2,18(20)24)11-22(13-20)17(21)14-7-6-8-15(25-3)16(14)23/h6-8,17,23H,4-5,9-13H2,1-3H3. The third-order valence-corrected chi connectivity index (χ3v) is 6.37. The number of phenolic OH excluding ortho intramolecular Hbond substituents is 1. The first kappa shape index (κ1) is 16.9. The van der Waals surface area contributed by atoms with E-state index in [9.17, 15) is 9.90 Å². The lowest BCUT2D eigenvalue weighted by Gasteiger charge is -2.65. The van der Waals surface area contributed by atoms with Crippen LogP contribution in [0.4, 0.5) is 0 Å². The molecule has 1 aromatic carbocycles. The molecule has 1 N–H and O–H groups in total. The Morgan fingerprint density at radius 3 is 2.52 bits per heavy atom. The van der Waals surface area contributed by atoms with Gasteiger partial charge in [0.15, 0.2) is 11.5 Å². The fraction of sp³-hybridized carbons (Fsp3) is 0.650. The second kappa shape index (κ2) is 5.71. The number of piperidine rings is 2. The number of nitrogens with zero attached hydrogens (tertiary/aromatic N) is 2. The van der Waals surface area contributed by atoms with Crippen molar-refractivity contribution in [2.75, 3.05) is 33.3 Å². The van der Waals surface area contributed by atoms with E-state index in [4.69, 9.17) is 4.74 Å². The van der Waals surface area contributed by atoms with Crippen LogP contribution in [-0.2, 0) is 4.79 Å². The molecule has 5 rings (SSSR count). The summed E-state index contributed by atoms with van der Waals surface area (Å²) in [6.45, 7) is 7.47. The van der Waals surface area contributed by atoms with Crippen LogP contribution in [0.15, 0.2) is 18.2 Å². The molecule has 4 aliphatic heterocycles. The van der Waals surface area contributed by atoms with Crippen molar-refractivity contribution in [3.8, 4) is 11.5 Å². The van der Waals surface area contributed by atoms with Gasteiger partial charge in [0.2, 0.25) is 0 Å². The van der Waals surface area contributed by atoms with Crippen molar-refractivity contribution in [3.05, 3.63) is 23.8 Å². The van der Waals surface area contributed by atoms with Gasteiger partial charge >= 0.3 is 0 Å². The molecule has 4 aliphatic rings. The number of unbranched alkanes of at least 4 members (excludes halogenated alkanes) is 1. The van der Waals surface area contributed by atoms with Crippen molar-refractivity contribution in [1.82, 2.24) is 9.80 Å².